The summed E-state index contributed by atoms with van der Waals surface area (Å²) < 4.78 is 40.4. The fourth-order valence-corrected chi connectivity index (χ4v) is 4.85. The second-order valence-electron chi connectivity index (χ2n) is 7.87. The standard InChI is InChI=1S/C21H23ClFN3O5S.ClH/c1-12(2)10-31-25-20(27)15-7-18-19(8-16(15)23)32(29,30)11-17(24)21(28)26(18)9-13-3-5-14(22)6-4-13;/h3-8,12,17H,9-11,24H2,1-2H3,(H,25,27);1H/t17-;/m0./s1. The Morgan fingerprint density at radius 1 is 1.30 bits per heavy atom. The Hall–Kier alpha value is -2.24. The Morgan fingerprint density at radius 2 is 1.94 bits per heavy atom. The Labute approximate surface area is 202 Å². The highest BCUT2D eigenvalue weighted by atomic mass is 35.5. The summed E-state index contributed by atoms with van der Waals surface area (Å²) in [5.41, 5.74) is 8.02. The van der Waals surface area contributed by atoms with Crippen molar-refractivity contribution >= 4 is 51.3 Å². The van der Waals surface area contributed by atoms with Gasteiger partial charge < -0.3 is 10.6 Å². The molecule has 0 unspecified atom stereocenters. The number of nitrogens with one attached hydrogen (secondary N) is 1. The van der Waals surface area contributed by atoms with Crippen molar-refractivity contribution in [1.29, 1.82) is 0 Å². The summed E-state index contributed by atoms with van der Waals surface area (Å²) in [6, 6.07) is 6.98. The maximum absolute atomic E-state index is 14.8. The molecule has 8 nitrogen and oxygen atoms in total. The van der Waals surface area contributed by atoms with Crippen molar-refractivity contribution in [3.05, 3.63) is 58.4 Å². The molecule has 1 aliphatic heterocycles. The van der Waals surface area contributed by atoms with Crippen molar-refractivity contribution in [3.63, 3.8) is 0 Å². The highest BCUT2D eigenvalue weighted by Crippen LogP contribution is 2.34. The van der Waals surface area contributed by atoms with Crippen LogP contribution < -0.4 is 16.1 Å². The Morgan fingerprint density at radius 3 is 2.55 bits per heavy atom. The Kier molecular flexibility index (Phi) is 8.83. The van der Waals surface area contributed by atoms with Gasteiger partial charge in [-0.25, -0.2) is 18.3 Å². The van der Waals surface area contributed by atoms with Crippen LogP contribution in [-0.4, -0.2) is 38.6 Å². The van der Waals surface area contributed by atoms with Gasteiger partial charge in [0.25, 0.3) is 5.91 Å². The molecule has 0 radical (unpaired) electrons. The van der Waals surface area contributed by atoms with Gasteiger partial charge in [0.2, 0.25) is 5.91 Å². The zero-order valence-electron chi connectivity index (χ0n) is 17.9. The van der Waals surface area contributed by atoms with E-state index in [-0.39, 0.29) is 37.2 Å². The van der Waals surface area contributed by atoms with Crippen LogP contribution in [0.25, 0.3) is 0 Å². The molecule has 0 bridgehead atoms. The van der Waals surface area contributed by atoms with Crippen molar-refractivity contribution in [2.45, 2.75) is 31.3 Å². The smallest absolute Gasteiger partial charge is 0.277 e. The van der Waals surface area contributed by atoms with E-state index in [1.165, 1.54) is 0 Å². The zero-order chi connectivity index (χ0) is 23.6. The molecule has 2 amide bonds. The summed E-state index contributed by atoms with van der Waals surface area (Å²) in [6.07, 6.45) is 0. The molecule has 2 aromatic carbocycles. The van der Waals surface area contributed by atoms with Crippen LogP contribution in [0.3, 0.4) is 0 Å². The van der Waals surface area contributed by atoms with Crippen molar-refractivity contribution in [2.75, 3.05) is 17.3 Å². The number of fused-ring (bicyclic) bond motifs is 1. The number of rotatable bonds is 6. The number of hydrogen-bond donors (Lipinski definition) is 2. The van der Waals surface area contributed by atoms with Gasteiger partial charge in [-0.2, -0.15) is 0 Å². The lowest BCUT2D eigenvalue weighted by Gasteiger charge is -2.25. The third kappa shape index (κ3) is 6.21. The van der Waals surface area contributed by atoms with Crippen LogP contribution in [0.1, 0.15) is 29.8 Å². The number of amides is 2. The van der Waals surface area contributed by atoms with Crippen molar-refractivity contribution in [2.24, 2.45) is 11.7 Å². The lowest BCUT2D eigenvalue weighted by Crippen LogP contribution is -2.45. The Balaban J connectivity index is 0.00000385. The van der Waals surface area contributed by atoms with Gasteiger partial charge in [-0.3, -0.25) is 14.4 Å². The van der Waals surface area contributed by atoms with E-state index >= 15 is 0 Å². The summed E-state index contributed by atoms with van der Waals surface area (Å²) >= 11 is 5.91. The molecular weight excluding hydrogens is 496 g/mol. The minimum absolute atomic E-state index is 0. The molecule has 0 saturated carbocycles. The molecule has 1 aliphatic rings. The van der Waals surface area contributed by atoms with E-state index in [2.05, 4.69) is 5.48 Å². The van der Waals surface area contributed by atoms with Gasteiger partial charge in [0.05, 0.1) is 41.1 Å². The maximum atomic E-state index is 14.8. The number of benzene rings is 2. The van der Waals surface area contributed by atoms with Crippen LogP contribution in [0, 0.1) is 11.7 Å². The number of hydrogen-bond acceptors (Lipinski definition) is 6. The minimum atomic E-state index is -4.10. The van der Waals surface area contributed by atoms with Crippen LogP contribution in [0.15, 0.2) is 41.3 Å². The second-order valence-corrected chi connectivity index (χ2v) is 10.3. The lowest BCUT2D eigenvalue weighted by molar-refractivity contribution is -0.119. The number of anilines is 1. The highest BCUT2D eigenvalue weighted by molar-refractivity contribution is 7.91. The van der Waals surface area contributed by atoms with E-state index in [0.29, 0.717) is 10.6 Å². The molecule has 3 N–H and O–H groups in total. The largest absolute Gasteiger partial charge is 0.319 e. The summed E-state index contributed by atoms with van der Waals surface area (Å²) in [4.78, 5) is 31.2. The molecule has 33 heavy (non-hydrogen) atoms. The molecule has 1 atom stereocenters. The van der Waals surface area contributed by atoms with Gasteiger partial charge in [-0.1, -0.05) is 37.6 Å². The van der Waals surface area contributed by atoms with Gasteiger partial charge in [0, 0.05) is 5.02 Å². The third-order valence-electron chi connectivity index (χ3n) is 4.74. The van der Waals surface area contributed by atoms with Gasteiger partial charge in [-0.15, -0.1) is 12.4 Å². The van der Waals surface area contributed by atoms with Crippen LogP contribution in [0.4, 0.5) is 10.1 Å². The molecule has 180 valence electrons. The zero-order valence-corrected chi connectivity index (χ0v) is 20.3. The first-order valence-corrected chi connectivity index (χ1v) is 11.8. The van der Waals surface area contributed by atoms with Gasteiger partial charge in [0.1, 0.15) is 5.82 Å². The van der Waals surface area contributed by atoms with E-state index < -0.39 is 49.7 Å². The number of halogens is 3. The van der Waals surface area contributed by atoms with Crippen LogP contribution in [-0.2, 0) is 26.0 Å². The highest BCUT2D eigenvalue weighted by Gasteiger charge is 2.37. The molecular formula is C21H24Cl2FN3O5S. The first-order chi connectivity index (χ1) is 15.0. The molecule has 0 fully saturated rings. The van der Waals surface area contributed by atoms with Crippen LogP contribution in [0.2, 0.25) is 5.02 Å². The summed E-state index contributed by atoms with van der Waals surface area (Å²) in [5.74, 6) is -3.20. The van der Waals surface area contributed by atoms with Gasteiger partial charge in [-0.05, 0) is 35.7 Å². The number of carbonyl (C=O) groups is 2. The predicted octanol–water partition coefficient (Wildman–Crippen LogP) is 2.87. The number of nitrogens with zero attached hydrogens (tertiary/aromatic N) is 1. The normalized spacial score (nSPS) is 17.2. The quantitative estimate of drug-likeness (QED) is 0.566. The first-order valence-electron chi connectivity index (χ1n) is 9.79. The molecule has 0 aromatic heterocycles. The average molecular weight is 520 g/mol. The van der Waals surface area contributed by atoms with E-state index in [1.54, 1.807) is 24.3 Å². The molecule has 0 saturated heterocycles. The molecule has 1 heterocycles. The Bertz CT molecular complexity index is 1140. The van der Waals surface area contributed by atoms with Crippen LogP contribution >= 0.6 is 24.0 Å². The minimum Gasteiger partial charge on any atom is -0.319 e. The fourth-order valence-electron chi connectivity index (χ4n) is 3.16. The van der Waals surface area contributed by atoms with Crippen molar-refractivity contribution in [3.8, 4) is 0 Å². The predicted molar refractivity (Wildman–Crippen MR) is 125 cm³/mol. The number of nitrogens with two attached hydrogens (primary N) is 1. The van der Waals surface area contributed by atoms with Gasteiger partial charge >= 0.3 is 0 Å². The number of sulfone groups is 1. The van der Waals surface area contributed by atoms with E-state index in [1.807, 2.05) is 13.8 Å². The van der Waals surface area contributed by atoms with E-state index in [4.69, 9.17) is 22.2 Å². The molecule has 0 aliphatic carbocycles. The van der Waals surface area contributed by atoms with Crippen molar-refractivity contribution < 1.29 is 27.2 Å². The molecule has 2 aromatic rings. The number of hydroxylamine groups is 1. The van der Waals surface area contributed by atoms with Crippen LogP contribution in [0.5, 0.6) is 0 Å². The summed E-state index contributed by atoms with van der Waals surface area (Å²) in [7, 11) is -4.10. The average Bonchev–Trinajstić information content (AvgIpc) is 2.77. The number of carbonyl (C=O) groups excluding carboxylic acids is 2. The van der Waals surface area contributed by atoms with Crippen molar-refractivity contribution in [1.82, 2.24) is 5.48 Å². The fraction of sp³-hybridized carbons (Fsp3) is 0.333. The lowest BCUT2D eigenvalue weighted by atomic mass is 10.1. The topological polar surface area (TPSA) is 119 Å². The monoisotopic (exact) mass is 519 g/mol. The SMILES string of the molecule is CC(C)CONC(=O)c1cc2c(cc1F)S(=O)(=O)C[C@H](N)C(=O)N2Cc1ccc(Cl)cc1.Cl. The third-order valence-corrected chi connectivity index (χ3v) is 6.78. The second kappa shape index (κ2) is 10.8. The van der Waals surface area contributed by atoms with E-state index in [0.717, 1.165) is 17.0 Å². The molecule has 0 spiro atoms. The summed E-state index contributed by atoms with van der Waals surface area (Å²) in [6.45, 7) is 3.87. The molecule has 12 heteroatoms. The maximum Gasteiger partial charge on any atom is 0.277 e. The molecule has 3 rings (SSSR count). The first kappa shape index (κ1) is 27.0. The van der Waals surface area contributed by atoms with Gasteiger partial charge in [0.15, 0.2) is 9.84 Å². The summed E-state index contributed by atoms with van der Waals surface area (Å²) in [5, 5.41) is 0.484. The van der Waals surface area contributed by atoms with E-state index in [9.17, 15) is 22.4 Å².